The van der Waals surface area contributed by atoms with Gasteiger partial charge in [0.2, 0.25) is 0 Å². The van der Waals surface area contributed by atoms with Crippen molar-refractivity contribution in [3.8, 4) is 0 Å². The van der Waals surface area contributed by atoms with Crippen LogP contribution in [0.3, 0.4) is 0 Å². The van der Waals surface area contributed by atoms with Crippen molar-refractivity contribution in [2.45, 2.75) is 12.8 Å². The molecule has 0 radical (unpaired) electrons. The fourth-order valence-corrected chi connectivity index (χ4v) is 2.66. The first-order chi connectivity index (χ1) is 11.1. The Morgan fingerprint density at radius 3 is 2.30 bits per heavy atom. The Balaban J connectivity index is 1.81. The third-order valence-corrected chi connectivity index (χ3v) is 3.91. The summed E-state index contributed by atoms with van der Waals surface area (Å²) in [6.07, 6.45) is 2.02. The predicted molar refractivity (Wildman–Crippen MR) is 85.9 cm³/mol. The molecule has 1 fully saturated rings. The van der Waals surface area contributed by atoms with Gasteiger partial charge in [-0.15, -0.1) is 0 Å². The Morgan fingerprint density at radius 2 is 1.61 bits per heavy atom. The number of anilines is 1. The zero-order valence-corrected chi connectivity index (χ0v) is 12.6. The van der Waals surface area contributed by atoms with Crippen LogP contribution in [0.5, 0.6) is 0 Å². The van der Waals surface area contributed by atoms with E-state index in [1.807, 2.05) is 0 Å². The van der Waals surface area contributed by atoms with Crippen molar-refractivity contribution in [2.75, 3.05) is 18.4 Å². The van der Waals surface area contributed by atoms with E-state index in [0.29, 0.717) is 16.8 Å². The van der Waals surface area contributed by atoms with E-state index >= 15 is 0 Å². The second-order valence-corrected chi connectivity index (χ2v) is 5.51. The van der Waals surface area contributed by atoms with Gasteiger partial charge in [-0.25, -0.2) is 4.39 Å². The number of amides is 2. The third kappa shape index (κ3) is 3.39. The smallest absolute Gasteiger partial charge is 0.255 e. The van der Waals surface area contributed by atoms with Gasteiger partial charge in [-0.2, -0.15) is 0 Å². The highest BCUT2D eigenvalue weighted by molar-refractivity contribution is 6.09. The summed E-state index contributed by atoms with van der Waals surface area (Å²) in [4.78, 5) is 26.6. The summed E-state index contributed by atoms with van der Waals surface area (Å²) in [6, 6.07) is 12.2. The highest BCUT2D eigenvalue weighted by Crippen LogP contribution is 2.21. The number of halogens is 1. The number of rotatable bonds is 3. The van der Waals surface area contributed by atoms with Gasteiger partial charge in [0.05, 0.1) is 11.3 Å². The van der Waals surface area contributed by atoms with Crippen LogP contribution in [0.4, 0.5) is 10.1 Å². The molecule has 2 aromatic carbocycles. The predicted octanol–water partition coefficient (Wildman–Crippen LogP) is 3.31. The SMILES string of the molecule is O=C(Nc1ccccc1C(=O)N1CCCC1)c1ccc(F)cc1. The molecule has 1 aliphatic rings. The zero-order valence-electron chi connectivity index (χ0n) is 12.6. The van der Waals surface area contributed by atoms with Crippen molar-refractivity contribution in [3.63, 3.8) is 0 Å². The van der Waals surface area contributed by atoms with Crippen molar-refractivity contribution >= 4 is 17.5 Å². The van der Waals surface area contributed by atoms with Crippen LogP contribution in [0, 0.1) is 5.82 Å². The lowest BCUT2D eigenvalue weighted by atomic mass is 10.1. The molecule has 0 aromatic heterocycles. The molecule has 0 spiro atoms. The highest BCUT2D eigenvalue weighted by atomic mass is 19.1. The molecule has 3 rings (SSSR count). The van der Waals surface area contributed by atoms with Crippen LogP contribution in [0.25, 0.3) is 0 Å². The molecular weight excluding hydrogens is 295 g/mol. The molecule has 1 N–H and O–H groups in total. The van der Waals surface area contributed by atoms with E-state index in [0.717, 1.165) is 25.9 Å². The third-order valence-electron chi connectivity index (χ3n) is 3.91. The van der Waals surface area contributed by atoms with Crippen molar-refractivity contribution in [1.29, 1.82) is 0 Å². The van der Waals surface area contributed by atoms with Crippen molar-refractivity contribution in [1.82, 2.24) is 4.90 Å². The average Bonchev–Trinajstić information content (AvgIpc) is 3.10. The Labute approximate surface area is 133 Å². The van der Waals surface area contributed by atoms with Crippen molar-refractivity contribution in [3.05, 3.63) is 65.5 Å². The average molecular weight is 312 g/mol. The monoisotopic (exact) mass is 312 g/mol. The number of likely N-dealkylation sites (tertiary alicyclic amines) is 1. The zero-order chi connectivity index (χ0) is 16.2. The molecule has 0 atom stereocenters. The van der Waals surface area contributed by atoms with Crippen molar-refractivity contribution < 1.29 is 14.0 Å². The molecule has 2 amide bonds. The molecule has 23 heavy (non-hydrogen) atoms. The van der Waals surface area contributed by atoms with Crippen LogP contribution < -0.4 is 5.32 Å². The summed E-state index contributed by atoms with van der Waals surface area (Å²) < 4.78 is 12.9. The number of para-hydroxylation sites is 1. The fraction of sp³-hybridized carbons (Fsp3) is 0.222. The molecule has 0 saturated carbocycles. The second-order valence-electron chi connectivity index (χ2n) is 5.51. The quantitative estimate of drug-likeness (QED) is 0.945. The second kappa shape index (κ2) is 6.60. The molecule has 0 unspecified atom stereocenters. The molecule has 0 bridgehead atoms. The fourth-order valence-electron chi connectivity index (χ4n) is 2.66. The standard InChI is InChI=1S/C18H17FN2O2/c19-14-9-7-13(8-10-14)17(22)20-16-6-2-1-5-15(16)18(23)21-11-3-4-12-21/h1-2,5-10H,3-4,11-12H2,(H,20,22). The molecule has 1 aliphatic heterocycles. The van der Waals surface area contributed by atoms with Gasteiger partial charge in [-0.1, -0.05) is 12.1 Å². The van der Waals surface area contributed by atoms with Gasteiger partial charge < -0.3 is 10.2 Å². The van der Waals surface area contributed by atoms with Crippen LogP contribution in [0.1, 0.15) is 33.6 Å². The van der Waals surface area contributed by atoms with Crippen LogP contribution in [-0.4, -0.2) is 29.8 Å². The van der Waals surface area contributed by atoms with Gasteiger partial charge in [0.15, 0.2) is 0 Å². The molecule has 1 saturated heterocycles. The first-order valence-corrected chi connectivity index (χ1v) is 7.60. The van der Waals surface area contributed by atoms with Crippen LogP contribution >= 0.6 is 0 Å². The lowest BCUT2D eigenvalue weighted by molar-refractivity contribution is 0.0794. The molecular formula is C18H17FN2O2. The Hall–Kier alpha value is -2.69. The van der Waals surface area contributed by atoms with Gasteiger partial charge in [0.1, 0.15) is 5.82 Å². The Bertz CT molecular complexity index is 722. The molecule has 1 heterocycles. The molecule has 118 valence electrons. The lowest BCUT2D eigenvalue weighted by Gasteiger charge is -2.18. The van der Waals surface area contributed by atoms with E-state index < -0.39 is 5.82 Å². The van der Waals surface area contributed by atoms with Crippen LogP contribution in [0.15, 0.2) is 48.5 Å². The number of benzene rings is 2. The number of hydrogen-bond donors (Lipinski definition) is 1. The highest BCUT2D eigenvalue weighted by Gasteiger charge is 2.22. The number of carbonyl (C=O) groups is 2. The number of nitrogens with zero attached hydrogens (tertiary/aromatic N) is 1. The van der Waals surface area contributed by atoms with E-state index in [1.165, 1.54) is 24.3 Å². The molecule has 4 nitrogen and oxygen atoms in total. The van der Waals surface area contributed by atoms with Gasteiger partial charge in [-0.3, -0.25) is 9.59 Å². The lowest BCUT2D eigenvalue weighted by Crippen LogP contribution is -2.28. The minimum atomic E-state index is -0.397. The minimum Gasteiger partial charge on any atom is -0.339 e. The maximum Gasteiger partial charge on any atom is 0.255 e. The summed E-state index contributed by atoms with van der Waals surface area (Å²) in [7, 11) is 0. The number of carbonyl (C=O) groups excluding carboxylic acids is 2. The summed E-state index contributed by atoms with van der Waals surface area (Å²) in [6.45, 7) is 1.50. The number of nitrogens with one attached hydrogen (secondary N) is 1. The molecule has 0 aliphatic carbocycles. The van der Waals surface area contributed by atoms with E-state index in [1.54, 1.807) is 29.2 Å². The summed E-state index contributed by atoms with van der Waals surface area (Å²) in [5.74, 6) is -0.838. The van der Waals surface area contributed by atoms with Crippen molar-refractivity contribution in [2.24, 2.45) is 0 Å². The number of hydrogen-bond acceptors (Lipinski definition) is 2. The van der Waals surface area contributed by atoms with Gasteiger partial charge >= 0.3 is 0 Å². The maximum absolute atomic E-state index is 12.9. The summed E-state index contributed by atoms with van der Waals surface area (Å²) in [5, 5.41) is 2.74. The van der Waals surface area contributed by atoms with Gasteiger partial charge in [0, 0.05) is 18.7 Å². The van der Waals surface area contributed by atoms with E-state index in [4.69, 9.17) is 0 Å². The van der Waals surface area contributed by atoms with E-state index in [9.17, 15) is 14.0 Å². The van der Waals surface area contributed by atoms with Crippen LogP contribution in [-0.2, 0) is 0 Å². The Morgan fingerprint density at radius 1 is 0.957 bits per heavy atom. The van der Waals surface area contributed by atoms with Crippen LogP contribution in [0.2, 0.25) is 0 Å². The largest absolute Gasteiger partial charge is 0.339 e. The Kier molecular flexibility index (Phi) is 4.37. The van der Waals surface area contributed by atoms with Gasteiger partial charge in [0.25, 0.3) is 11.8 Å². The normalized spacial score (nSPS) is 13.9. The summed E-state index contributed by atoms with van der Waals surface area (Å²) in [5.41, 5.74) is 1.29. The van der Waals surface area contributed by atoms with E-state index in [2.05, 4.69) is 5.32 Å². The first kappa shape index (κ1) is 15.2. The first-order valence-electron chi connectivity index (χ1n) is 7.60. The maximum atomic E-state index is 12.9. The van der Waals surface area contributed by atoms with Gasteiger partial charge in [-0.05, 0) is 49.2 Å². The topological polar surface area (TPSA) is 49.4 Å². The molecule has 2 aromatic rings. The minimum absolute atomic E-state index is 0.0718. The summed E-state index contributed by atoms with van der Waals surface area (Å²) >= 11 is 0. The molecule has 5 heteroatoms. The van der Waals surface area contributed by atoms with E-state index in [-0.39, 0.29) is 11.8 Å².